The molecule has 1 heterocycles. The first-order chi connectivity index (χ1) is 15.0. The maximum absolute atomic E-state index is 12.9. The van der Waals surface area contributed by atoms with Gasteiger partial charge in [-0.15, -0.1) is 0 Å². The van der Waals surface area contributed by atoms with Crippen LogP contribution in [0.15, 0.2) is 71.6 Å². The van der Waals surface area contributed by atoms with E-state index in [0.29, 0.717) is 24.5 Å². The van der Waals surface area contributed by atoms with Crippen LogP contribution in [0.5, 0.6) is 5.75 Å². The van der Waals surface area contributed by atoms with E-state index in [2.05, 4.69) is 5.32 Å². The van der Waals surface area contributed by atoms with Gasteiger partial charge in [-0.25, -0.2) is 8.42 Å². The molecule has 0 atom stereocenters. The summed E-state index contributed by atoms with van der Waals surface area (Å²) in [5.74, 6) is 0.336. The zero-order chi connectivity index (χ0) is 21.7. The highest BCUT2D eigenvalue weighted by molar-refractivity contribution is 7.89. The van der Waals surface area contributed by atoms with E-state index in [1.165, 1.54) is 0 Å². The van der Waals surface area contributed by atoms with Crippen LogP contribution < -0.4 is 10.1 Å². The number of nitrogens with one attached hydrogen (secondary N) is 1. The van der Waals surface area contributed by atoms with Crippen LogP contribution in [0, 0.1) is 0 Å². The van der Waals surface area contributed by atoms with E-state index in [1.54, 1.807) is 28.6 Å². The zero-order valence-electron chi connectivity index (χ0n) is 17.3. The van der Waals surface area contributed by atoms with Gasteiger partial charge in [-0.2, -0.15) is 4.31 Å². The monoisotopic (exact) mass is 438 g/mol. The number of carbonyl (C=O) groups excluding carboxylic acids is 1. The molecule has 0 aromatic heterocycles. The topological polar surface area (TPSA) is 75.7 Å². The fourth-order valence-electron chi connectivity index (χ4n) is 3.80. The molecule has 1 saturated heterocycles. The molecular weight excluding hydrogens is 412 g/mol. The van der Waals surface area contributed by atoms with Crippen molar-refractivity contribution in [3.63, 3.8) is 0 Å². The molecule has 3 aromatic carbocycles. The lowest BCUT2D eigenvalue weighted by Crippen LogP contribution is -2.31. The third kappa shape index (κ3) is 5.06. The van der Waals surface area contributed by atoms with Crippen molar-refractivity contribution in [2.45, 2.75) is 30.6 Å². The van der Waals surface area contributed by atoms with Gasteiger partial charge in [-0.05, 0) is 48.6 Å². The van der Waals surface area contributed by atoms with Gasteiger partial charge in [0.05, 0.1) is 4.90 Å². The number of amides is 1. The summed E-state index contributed by atoms with van der Waals surface area (Å²) < 4.78 is 33.0. The number of sulfonamides is 1. The molecule has 1 fully saturated rings. The molecular formula is C24H26N2O4S. The van der Waals surface area contributed by atoms with Crippen molar-refractivity contribution in [2.75, 3.05) is 25.0 Å². The van der Waals surface area contributed by atoms with Crippen LogP contribution in [0.2, 0.25) is 0 Å². The van der Waals surface area contributed by atoms with Gasteiger partial charge in [-0.1, -0.05) is 49.2 Å². The molecule has 0 aliphatic carbocycles. The summed E-state index contributed by atoms with van der Waals surface area (Å²) in [7, 11) is -3.50. The molecule has 1 amide bonds. The van der Waals surface area contributed by atoms with Gasteiger partial charge in [0.2, 0.25) is 10.0 Å². The third-order valence-corrected chi connectivity index (χ3v) is 7.36. The average Bonchev–Trinajstić information content (AvgIpc) is 3.08. The zero-order valence-corrected chi connectivity index (χ0v) is 18.1. The first-order valence-corrected chi connectivity index (χ1v) is 12.0. The standard InChI is InChI=1S/C24H26N2O4S/c27-24(18-30-23-11-7-9-19-8-3-4-10-22(19)23)25-20-12-14-21(15-13-20)31(28,29)26-16-5-1-2-6-17-26/h3-4,7-15H,1-2,5-6,16-18H2,(H,25,27). The molecule has 4 rings (SSSR count). The average molecular weight is 439 g/mol. The number of nitrogens with zero attached hydrogens (tertiary/aromatic N) is 1. The van der Waals surface area contributed by atoms with Crippen LogP contribution in [0.25, 0.3) is 10.8 Å². The lowest BCUT2D eigenvalue weighted by atomic mass is 10.1. The summed E-state index contributed by atoms with van der Waals surface area (Å²) >= 11 is 0. The number of anilines is 1. The van der Waals surface area contributed by atoms with E-state index in [9.17, 15) is 13.2 Å². The van der Waals surface area contributed by atoms with Crippen LogP contribution in [-0.2, 0) is 14.8 Å². The fourth-order valence-corrected chi connectivity index (χ4v) is 5.32. The lowest BCUT2D eigenvalue weighted by Gasteiger charge is -2.20. The molecule has 6 nitrogen and oxygen atoms in total. The van der Waals surface area contributed by atoms with Crippen molar-refractivity contribution in [1.82, 2.24) is 4.31 Å². The smallest absolute Gasteiger partial charge is 0.262 e. The van der Waals surface area contributed by atoms with Crippen LogP contribution in [0.4, 0.5) is 5.69 Å². The number of ether oxygens (including phenoxy) is 1. The summed E-state index contributed by atoms with van der Waals surface area (Å²) in [4.78, 5) is 12.6. The van der Waals surface area contributed by atoms with Crippen molar-refractivity contribution in [3.05, 3.63) is 66.7 Å². The Bertz CT molecular complexity index is 1150. The second kappa shape index (κ2) is 9.49. The van der Waals surface area contributed by atoms with Crippen molar-refractivity contribution in [2.24, 2.45) is 0 Å². The molecule has 0 unspecified atom stereocenters. The van der Waals surface area contributed by atoms with E-state index < -0.39 is 10.0 Å². The minimum Gasteiger partial charge on any atom is -0.483 e. The molecule has 1 aliphatic heterocycles. The van der Waals surface area contributed by atoms with E-state index in [1.807, 2.05) is 42.5 Å². The first-order valence-electron chi connectivity index (χ1n) is 10.5. The predicted molar refractivity (Wildman–Crippen MR) is 122 cm³/mol. The van der Waals surface area contributed by atoms with Crippen molar-refractivity contribution in [3.8, 4) is 5.75 Å². The molecule has 0 spiro atoms. The predicted octanol–water partition coefficient (Wildman–Crippen LogP) is 4.42. The van der Waals surface area contributed by atoms with Crippen LogP contribution in [0.3, 0.4) is 0 Å². The number of benzene rings is 3. The molecule has 0 saturated carbocycles. The Kier molecular flexibility index (Phi) is 6.53. The number of carbonyl (C=O) groups is 1. The number of rotatable bonds is 6. The van der Waals surface area contributed by atoms with E-state index >= 15 is 0 Å². The van der Waals surface area contributed by atoms with E-state index in [0.717, 1.165) is 36.5 Å². The SMILES string of the molecule is O=C(COc1cccc2ccccc12)Nc1ccc(S(=O)(=O)N2CCCCCC2)cc1. The summed E-state index contributed by atoms with van der Waals surface area (Å²) in [5.41, 5.74) is 0.529. The molecule has 1 aliphatic rings. The summed E-state index contributed by atoms with van der Waals surface area (Å²) in [5, 5.41) is 4.74. The van der Waals surface area contributed by atoms with E-state index in [4.69, 9.17) is 4.74 Å². The summed E-state index contributed by atoms with van der Waals surface area (Å²) in [6, 6.07) is 19.8. The Labute approximate surface area is 182 Å². The minimum atomic E-state index is -3.50. The largest absolute Gasteiger partial charge is 0.483 e. The van der Waals surface area contributed by atoms with Gasteiger partial charge in [0.1, 0.15) is 5.75 Å². The Morgan fingerprint density at radius 1 is 0.871 bits per heavy atom. The van der Waals surface area contributed by atoms with Gasteiger partial charge in [0, 0.05) is 24.2 Å². The Morgan fingerprint density at radius 3 is 2.29 bits per heavy atom. The Balaban J connectivity index is 1.38. The maximum atomic E-state index is 12.9. The molecule has 3 aromatic rings. The number of hydrogen-bond donors (Lipinski definition) is 1. The van der Waals surface area contributed by atoms with Gasteiger partial charge in [-0.3, -0.25) is 4.79 Å². The maximum Gasteiger partial charge on any atom is 0.262 e. The van der Waals surface area contributed by atoms with Gasteiger partial charge >= 0.3 is 0 Å². The van der Waals surface area contributed by atoms with Crippen LogP contribution in [0.1, 0.15) is 25.7 Å². The van der Waals surface area contributed by atoms with Gasteiger partial charge < -0.3 is 10.1 Å². The highest BCUT2D eigenvalue weighted by atomic mass is 32.2. The lowest BCUT2D eigenvalue weighted by molar-refractivity contribution is -0.118. The van der Waals surface area contributed by atoms with Crippen molar-refractivity contribution in [1.29, 1.82) is 0 Å². The molecule has 31 heavy (non-hydrogen) atoms. The number of hydrogen-bond acceptors (Lipinski definition) is 4. The van der Waals surface area contributed by atoms with Crippen LogP contribution in [-0.4, -0.2) is 38.3 Å². The highest BCUT2D eigenvalue weighted by Gasteiger charge is 2.25. The molecule has 0 bridgehead atoms. The van der Waals surface area contributed by atoms with Gasteiger partial charge in [0.25, 0.3) is 5.91 Å². The Hall–Kier alpha value is -2.90. The second-order valence-electron chi connectivity index (χ2n) is 7.66. The fraction of sp³-hybridized carbons (Fsp3) is 0.292. The molecule has 1 N–H and O–H groups in total. The normalized spacial score (nSPS) is 15.4. The molecule has 0 radical (unpaired) electrons. The third-order valence-electron chi connectivity index (χ3n) is 5.45. The van der Waals surface area contributed by atoms with Crippen molar-refractivity contribution >= 4 is 32.4 Å². The summed E-state index contributed by atoms with van der Waals surface area (Å²) in [6.45, 7) is 0.987. The Morgan fingerprint density at radius 2 is 1.55 bits per heavy atom. The van der Waals surface area contributed by atoms with E-state index in [-0.39, 0.29) is 17.4 Å². The first kappa shape index (κ1) is 21.3. The molecule has 162 valence electrons. The quantitative estimate of drug-likeness (QED) is 0.618. The van der Waals surface area contributed by atoms with Gasteiger partial charge in [0.15, 0.2) is 6.61 Å². The number of fused-ring (bicyclic) bond motifs is 1. The second-order valence-corrected chi connectivity index (χ2v) is 9.59. The van der Waals surface area contributed by atoms with Crippen molar-refractivity contribution < 1.29 is 17.9 Å². The summed E-state index contributed by atoms with van der Waals surface area (Å²) in [6.07, 6.45) is 3.92. The minimum absolute atomic E-state index is 0.137. The van der Waals surface area contributed by atoms with Crippen LogP contribution >= 0.6 is 0 Å². The highest BCUT2D eigenvalue weighted by Crippen LogP contribution is 2.25. The molecule has 7 heteroatoms.